The van der Waals surface area contributed by atoms with Crippen molar-refractivity contribution in [1.29, 1.82) is 0 Å². The minimum atomic E-state index is -0.0603. The lowest BCUT2D eigenvalue weighted by Crippen LogP contribution is -2.76. The summed E-state index contributed by atoms with van der Waals surface area (Å²) in [4.78, 5) is 11.3. The van der Waals surface area contributed by atoms with Crippen LogP contribution in [-0.4, -0.2) is 18.1 Å². The summed E-state index contributed by atoms with van der Waals surface area (Å²) in [6, 6.07) is 8.29. The molecule has 3 aliphatic carbocycles. The van der Waals surface area contributed by atoms with Gasteiger partial charge in [0.2, 0.25) is 5.91 Å². The number of carbonyl (C=O) groups excluding carboxylic acids is 1. The Morgan fingerprint density at radius 1 is 1.45 bits per heavy atom. The highest BCUT2D eigenvalue weighted by molar-refractivity contribution is 5.88. The van der Waals surface area contributed by atoms with Gasteiger partial charge in [0, 0.05) is 11.0 Å². The number of carbonyl (C=O) groups is 1. The van der Waals surface area contributed by atoms with Gasteiger partial charge in [0.15, 0.2) is 0 Å². The summed E-state index contributed by atoms with van der Waals surface area (Å²) in [6.07, 6.45) is 5.48. The minimum absolute atomic E-state index is 0.0416. The fraction of sp³-hybridized carbons (Fsp3) is 0.471. The zero-order chi connectivity index (χ0) is 14.2. The van der Waals surface area contributed by atoms with Gasteiger partial charge in [0.1, 0.15) is 5.75 Å². The molecule has 3 saturated carbocycles. The van der Waals surface area contributed by atoms with Gasteiger partial charge in [0.05, 0.1) is 6.61 Å². The number of nitrogens with one attached hydrogen (secondary N) is 1. The van der Waals surface area contributed by atoms with Crippen molar-refractivity contribution in [3.05, 3.63) is 42.5 Å². The van der Waals surface area contributed by atoms with E-state index < -0.39 is 0 Å². The molecule has 2 bridgehead atoms. The number of benzene rings is 1. The van der Waals surface area contributed by atoms with E-state index in [-0.39, 0.29) is 16.9 Å². The second-order valence-electron chi connectivity index (χ2n) is 6.29. The highest BCUT2D eigenvalue weighted by atomic mass is 16.5. The van der Waals surface area contributed by atoms with Crippen molar-refractivity contribution in [2.75, 3.05) is 6.61 Å². The molecule has 1 aromatic carbocycles. The second kappa shape index (κ2) is 4.65. The van der Waals surface area contributed by atoms with Crippen molar-refractivity contribution in [3.8, 4) is 5.75 Å². The van der Waals surface area contributed by atoms with E-state index in [1.807, 2.05) is 12.1 Å². The zero-order valence-corrected chi connectivity index (χ0v) is 11.9. The number of hydrogen-bond donors (Lipinski definition) is 1. The van der Waals surface area contributed by atoms with Crippen LogP contribution in [0.15, 0.2) is 36.9 Å². The molecule has 4 rings (SSSR count). The summed E-state index contributed by atoms with van der Waals surface area (Å²) in [5.74, 6) is 0.896. The van der Waals surface area contributed by atoms with Crippen molar-refractivity contribution in [1.82, 2.24) is 5.32 Å². The van der Waals surface area contributed by atoms with E-state index in [0.717, 1.165) is 38.0 Å². The van der Waals surface area contributed by atoms with Gasteiger partial charge in [-0.15, -0.1) is 0 Å². The maximum Gasteiger partial charge on any atom is 0.243 e. The zero-order valence-electron chi connectivity index (χ0n) is 11.9. The number of rotatable bonds is 6. The van der Waals surface area contributed by atoms with Gasteiger partial charge in [-0.3, -0.25) is 4.79 Å². The van der Waals surface area contributed by atoms with Crippen LogP contribution in [0.2, 0.25) is 0 Å². The first-order valence-electron chi connectivity index (χ1n) is 7.25. The van der Waals surface area contributed by atoms with Gasteiger partial charge in [0.25, 0.3) is 0 Å². The molecule has 0 heterocycles. The molecule has 0 saturated heterocycles. The molecule has 1 N–H and O–H groups in total. The smallest absolute Gasteiger partial charge is 0.243 e. The maximum atomic E-state index is 11.3. The highest BCUT2D eigenvalue weighted by Crippen LogP contribution is 2.67. The summed E-state index contributed by atoms with van der Waals surface area (Å²) in [5.41, 5.74) is 1.63. The molecule has 0 radical (unpaired) electrons. The van der Waals surface area contributed by atoms with Crippen molar-refractivity contribution < 1.29 is 9.53 Å². The second-order valence-corrected chi connectivity index (χ2v) is 6.29. The first-order chi connectivity index (χ1) is 9.59. The van der Waals surface area contributed by atoms with Crippen LogP contribution in [-0.2, 0) is 11.2 Å². The molecule has 20 heavy (non-hydrogen) atoms. The highest BCUT2D eigenvalue weighted by Gasteiger charge is 2.68. The fourth-order valence-corrected chi connectivity index (χ4v) is 3.69. The Balaban J connectivity index is 1.50. The molecule has 1 aromatic rings. The lowest BCUT2D eigenvalue weighted by atomic mass is 9.39. The Labute approximate surface area is 120 Å². The average Bonchev–Trinajstić information content (AvgIpc) is 2.39. The molecule has 106 valence electrons. The third-order valence-corrected chi connectivity index (χ3v) is 4.57. The summed E-state index contributed by atoms with van der Waals surface area (Å²) in [5, 5.41) is 3.04. The Bertz CT molecular complexity index is 530. The van der Waals surface area contributed by atoms with Gasteiger partial charge < -0.3 is 10.1 Å². The monoisotopic (exact) mass is 271 g/mol. The minimum Gasteiger partial charge on any atom is -0.493 e. The summed E-state index contributed by atoms with van der Waals surface area (Å²) in [7, 11) is 0. The molecule has 3 fully saturated rings. The van der Waals surface area contributed by atoms with Gasteiger partial charge in [-0.1, -0.05) is 25.6 Å². The van der Waals surface area contributed by atoms with Crippen LogP contribution < -0.4 is 10.1 Å². The van der Waals surface area contributed by atoms with Gasteiger partial charge in [-0.25, -0.2) is 0 Å². The molecular formula is C17H21NO2. The van der Waals surface area contributed by atoms with E-state index in [0.29, 0.717) is 0 Å². The summed E-state index contributed by atoms with van der Waals surface area (Å²) in [6.45, 7) is 6.39. The Kier molecular flexibility index (Phi) is 3.08. The topological polar surface area (TPSA) is 38.3 Å². The van der Waals surface area contributed by atoms with Crippen molar-refractivity contribution in [3.63, 3.8) is 0 Å². The number of hydrogen-bond acceptors (Lipinski definition) is 2. The van der Waals surface area contributed by atoms with Crippen LogP contribution in [0.4, 0.5) is 0 Å². The molecule has 0 aromatic heterocycles. The maximum absolute atomic E-state index is 11.3. The average molecular weight is 271 g/mol. The third kappa shape index (κ3) is 2.21. The van der Waals surface area contributed by atoms with Crippen LogP contribution in [0.25, 0.3) is 0 Å². The van der Waals surface area contributed by atoms with Crippen molar-refractivity contribution in [2.45, 2.75) is 38.1 Å². The molecular weight excluding hydrogens is 250 g/mol. The first kappa shape index (κ1) is 13.2. The Morgan fingerprint density at radius 2 is 2.20 bits per heavy atom. The number of ether oxygens (including phenoxy) is 1. The third-order valence-electron chi connectivity index (χ3n) is 4.57. The van der Waals surface area contributed by atoms with Gasteiger partial charge in [-0.2, -0.15) is 0 Å². The lowest BCUT2D eigenvalue weighted by molar-refractivity contribution is -0.177. The van der Waals surface area contributed by atoms with Gasteiger partial charge in [-0.05, 0) is 49.5 Å². The SMILES string of the molecule is C=CC(=O)NC12CC(COc3cccc(CC)c3)(C1)C2. The summed E-state index contributed by atoms with van der Waals surface area (Å²) < 4.78 is 5.94. The lowest BCUT2D eigenvalue weighted by Gasteiger charge is -2.70. The van der Waals surface area contributed by atoms with Crippen LogP contribution >= 0.6 is 0 Å². The van der Waals surface area contributed by atoms with E-state index in [1.165, 1.54) is 11.6 Å². The van der Waals surface area contributed by atoms with Crippen LogP contribution in [0.3, 0.4) is 0 Å². The fourth-order valence-electron chi connectivity index (χ4n) is 3.69. The van der Waals surface area contributed by atoms with E-state index in [4.69, 9.17) is 4.74 Å². The molecule has 1 amide bonds. The van der Waals surface area contributed by atoms with E-state index in [9.17, 15) is 4.79 Å². The standard InChI is InChI=1S/C17H21NO2/c1-3-13-6-5-7-14(8-13)20-12-16-9-17(10-16,11-16)18-15(19)4-2/h4-8H,2-3,9-12H2,1H3,(H,18,19). The van der Waals surface area contributed by atoms with Crippen molar-refractivity contribution >= 4 is 5.91 Å². The normalized spacial score (nSPS) is 29.9. The van der Waals surface area contributed by atoms with Crippen LogP contribution in [0.5, 0.6) is 5.75 Å². The van der Waals surface area contributed by atoms with E-state index >= 15 is 0 Å². The predicted octanol–water partition coefficient (Wildman–Crippen LogP) is 2.85. The molecule has 0 unspecified atom stereocenters. The van der Waals surface area contributed by atoms with Crippen LogP contribution in [0.1, 0.15) is 31.7 Å². The van der Waals surface area contributed by atoms with E-state index in [2.05, 4.69) is 31.0 Å². The summed E-state index contributed by atoms with van der Waals surface area (Å²) >= 11 is 0. The molecule has 3 heteroatoms. The quantitative estimate of drug-likeness (QED) is 0.808. The number of amides is 1. The first-order valence-corrected chi connectivity index (χ1v) is 7.25. The Morgan fingerprint density at radius 3 is 2.85 bits per heavy atom. The van der Waals surface area contributed by atoms with Gasteiger partial charge >= 0.3 is 0 Å². The largest absolute Gasteiger partial charge is 0.493 e. The van der Waals surface area contributed by atoms with E-state index in [1.54, 1.807) is 0 Å². The molecule has 0 atom stereocenters. The number of aryl methyl sites for hydroxylation is 1. The molecule has 3 nitrogen and oxygen atoms in total. The predicted molar refractivity (Wildman–Crippen MR) is 78.7 cm³/mol. The van der Waals surface area contributed by atoms with Crippen molar-refractivity contribution in [2.24, 2.45) is 5.41 Å². The Hall–Kier alpha value is -1.77. The molecule has 0 aliphatic heterocycles. The molecule has 3 aliphatic rings. The molecule has 0 spiro atoms. The van der Waals surface area contributed by atoms with Crippen LogP contribution in [0, 0.1) is 5.41 Å².